The van der Waals surface area contributed by atoms with Gasteiger partial charge in [-0.3, -0.25) is 0 Å². The standard InChI is InChI=1S/C50H38N4/c1-31-9-15-35(16-10-31)44-30-45(52-50(51-44)37-17-11-32(2)12-18-37)36-19-21-38(22-20-36)53-46-8-6-5-7-40(46)43-29-39(23-26-49(43)53)54-47-24-13-33(3)27-41(47)42-28-34(4)14-25-48(42)54/h5-30H,1-4H3. The summed E-state index contributed by atoms with van der Waals surface area (Å²) < 4.78 is 4.80. The van der Waals surface area contributed by atoms with Crippen LogP contribution in [0.5, 0.6) is 0 Å². The van der Waals surface area contributed by atoms with Crippen molar-refractivity contribution in [2.45, 2.75) is 27.7 Å². The first-order valence-electron chi connectivity index (χ1n) is 18.6. The van der Waals surface area contributed by atoms with Crippen LogP contribution in [0.3, 0.4) is 0 Å². The molecule has 0 atom stereocenters. The van der Waals surface area contributed by atoms with Crippen LogP contribution in [0.2, 0.25) is 0 Å². The van der Waals surface area contributed by atoms with Crippen molar-refractivity contribution in [3.63, 3.8) is 0 Å². The second-order valence-electron chi connectivity index (χ2n) is 14.7. The molecule has 0 N–H and O–H groups in total. The number of nitrogens with zero attached hydrogens (tertiary/aromatic N) is 4. The molecule has 0 aliphatic heterocycles. The highest BCUT2D eigenvalue weighted by Gasteiger charge is 2.17. The van der Waals surface area contributed by atoms with Crippen LogP contribution < -0.4 is 0 Å². The zero-order chi connectivity index (χ0) is 36.5. The van der Waals surface area contributed by atoms with E-state index in [2.05, 4.69) is 195 Å². The van der Waals surface area contributed by atoms with Gasteiger partial charge in [-0.05, 0) is 94.4 Å². The first kappa shape index (κ1) is 31.9. The third-order valence-corrected chi connectivity index (χ3v) is 10.8. The number of aryl methyl sites for hydroxylation is 4. The predicted molar refractivity (Wildman–Crippen MR) is 226 cm³/mol. The maximum atomic E-state index is 5.11. The van der Waals surface area contributed by atoms with Gasteiger partial charge < -0.3 is 9.13 Å². The zero-order valence-electron chi connectivity index (χ0n) is 30.8. The van der Waals surface area contributed by atoms with Gasteiger partial charge in [0.05, 0.1) is 33.5 Å². The van der Waals surface area contributed by atoms with Crippen molar-refractivity contribution in [3.8, 4) is 45.3 Å². The van der Waals surface area contributed by atoms with Gasteiger partial charge in [0.15, 0.2) is 5.82 Å². The molecule has 0 aliphatic carbocycles. The molecule has 10 aromatic rings. The Morgan fingerprint density at radius 1 is 0.333 bits per heavy atom. The van der Waals surface area contributed by atoms with E-state index in [-0.39, 0.29) is 0 Å². The monoisotopic (exact) mass is 694 g/mol. The number of hydrogen-bond acceptors (Lipinski definition) is 2. The molecule has 0 spiro atoms. The lowest BCUT2D eigenvalue weighted by atomic mass is 10.0. The summed E-state index contributed by atoms with van der Waals surface area (Å²) in [5.74, 6) is 0.721. The number of benzene rings is 7. The summed E-state index contributed by atoms with van der Waals surface area (Å²) in [6.45, 7) is 8.55. The molecule has 7 aromatic carbocycles. The first-order valence-corrected chi connectivity index (χ1v) is 18.6. The Bertz CT molecular complexity index is 2930. The van der Waals surface area contributed by atoms with E-state index < -0.39 is 0 Å². The van der Waals surface area contributed by atoms with Crippen molar-refractivity contribution in [2.75, 3.05) is 0 Å². The summed E-state index contributed by atoms with van der Waals surface area (Å²) in [6, 6.07) is 57.1. The van der Waals surface area contributed by atoms with Gasteiger partial charge in [0, 0.05) is 49.6 Å². The molecular weight excluding hydrogens is 657 g/mol. The summed E-state index contributed by atoms with van der Waals surface area (Å²) in [6.07, 6.45) is 0. The number of aromatic nitrogens is 4. The molecule has 0 radical (unpaired) electrons. The summed E-state index contributed by atoms with van der Waals surface area (Å²) in [4.78, 5) is 10.1. The number of fused-ring (bicyclic) bond motifs is 6. The van der Waals surface area contributed by atoms with Gasteiger partial charge in [-0.1, -0.05) is 113 Å². The molecule has 3 heterocycles. The van der Waals surface area contributed by atoms with Crippen LogP contribution in [0.15, 0.2) is 158 Å². The van der Waals surface area contributed by atoms with Gasteiger partial charge in [-0.15, -0.1) is 0 Å². The van der Waals surface area contributed by atoms with E-state index in [9.17, 15) is 0 Å². The van der Waals surface area contributed by atoms with Crippen molar-refractivity contribution in [2.24, 2.45) is 0 Å². The van der Waals surface area contributed by atoms with E-state index in [0.717, 1.165) is 45.3 Å². The third kappa shape index (κ3) is 5.30. The molecular formula is C50H38N4. The minimum atomic E-state index is 0.721. The average molecular weight is 695 g/mol. The molecule has 0 unspecified atom stereocenters. The van der Waals surface area contributed by atoms with Gasteiger partial charge in [0.2, 0.25) is 0 Å². The van der Waals surface area contributed by atoms with Crippen molar-refractivity contribution < 1.29 is 0 Å². The van der Waals surface area contributed by atoms with Crippen LogP contribution in [0, 0.1) is 27.7 Å². The Labute approximate surface area is 314 Å². The van der Waals surface area contributed by atoms with Gasteiger partial charge in [0.25, 0.3) is 0 Å². The van der Waals surface area contributed by atoms with Crippen LogP contribution in [-0.2, 0) is 0 Å². The third-order valence-electron chi connectivity index (χ3n) is 10.8. The molecule has 0 saturated heterocycles. The highest BCUT2D eigenvalue weighted by Crippen LogP contribution is 2.38. The highest BCUT2D eigenvalue weighted by molar-refractivity contribution is 6.12. The van der Waals surface area contributed by atoms with Gasteiger partial charge in [-0.25, -0.2) is 9.97 Å². The molecule has 0 amide bonds. The quantitative estimate of drug-likeness (QED) is 0.180. The Hall–Kier alpha value is -6.78. The molecule has 3 aromatic heterocycles. The number of rotatable bonds is 5. The molecule has 0 bridgehead atoms. The zero-order valence-corrected chi connectivity index (χ0v) is 30.8. The van der Waals surface area contributed by atoms with Crippen molar-refractivity contribution in [1.82, 2.24) is 19.1 Å². The maximum Gasteiger partial charge on any atom is 0.160 e. The molecule has 54 heavy (non-hydrogen) atoms. The molecule has 4 heteroatoms. The van der Waals surface area contributed by atoms with Crippen molar-refractivity contribution >= 4 is 43.6 Å². The van der Waals surface area contributed by atoms with Gasteiger partial charge in [-0.2, -0.15) is 0 Å². The average Bonchev–Trinajstić information content (AvgIpc) is 3.70. The van der Waals surface area contributed by atoms with Gasteiger partial charge in [0.1, 0.15) is 0 Å². The lowest BCUT2D eigenvalue weighted by Gasteiger charge is -2.12. The number of para-hydroxylation sites is 1. The normalized spacial score (nSPS) is 11.7. The summed E-state index contributed by atoms with van der Waals surface area (Å²) >= 11 is 0. The minimum absolute atomic E-state index is 0.721. The van der Waals surface area contributed by atoms with Crippen LogP contribution >= 0.6 is 0 Å². The summed E-state index contributed by atoms with van der Waals surface area (Å²) in [5.41, 5.74) is 17.0. The van der Waals surface area contributed by atoms with Crippen LogP contribution in [0.1, 0.15) is 22.3 Å². The smallest absolute Gasteiger partial charge is 0.160 e. The lowest BCUT2D eigenvalue weighted by Crippen LogP contribution is -1.97. The van der Waals surface area contributed by atoms with Crippen molar-refractivity contribution in [1.29, 1.82) is 0 Å². The van der Waals surface area contributed by atoms with Crippen LogP contribution in [0.4, 0.5) is 0 Å². The molecule has 0 fully saturated rings. The molecule has 10 rings (SSSR count). The second kappa shape index (κ2) is 12.4. The lowest BCUT2D eigenvalue weighted by molar-refractivity contribution is 1.16. The van der Waals surface area contributed by atoms with E-state index in [1.54, 1.807) is 0 Å². The minimum Gasteiger partial charge on any atom is -0.309 e. The molecule has 4 nitrogen and oxygen atoms in total. The van der Waals surface area contributed by atoms with E-state index in [1.807, 2.05) is 0 Å². The topological polar surface area (TPSA) is 35.6 Å². The SMILES string of the molecule is Cc1ccc(-c2cc(-c3ccc(-n4c5ccccc5c5cc(-n6c7ccc(C)cc7c7cc(C)ccc76)ccc54)cc3)nc(-c3ccc(C)cc3)n2)cc1. The second-order valence-corrected chi connectivity index (χ2v) is 14.7. The summed E-state index contributed by atoms with van der Waals surface area (Å²) in [7, 11) is 0. The van der Waals surface area contributed by atoms with Crippen LogP contribution in [-0.4, -0.2) is 19.1 Å². The fraction of sp³-hybridized carbons (Fsp3) is 0.0800. The predicted octanol–water partition coefficient (Wildman–Crippen LogP) is 12.9. The Morgan fingerprint density at radius 2 is 0.759 bits per heavy atom. The Kier molecular flexibility index (Phi) is 7.34. The molecule has 0 saturated carbocycles. The molecule has 0 aliphatic rings. The Balaban J connectivity index is 1.10. The Morgan fingerprint density at radius 3 is 1.35 bits per heavy atom. The van der Waals surface area contributed by atoms with E-state index >= 15 is 0 Å². The maximum absolute atomic E-state index is 5.11. The van der Waals surface area contributed by atoms with E-state index in [1.165, 1.54) is 65.9 Å². The van der Waals surface area contributed by atoms with E-state index in [0.29, 0.717) is 0 Å². The summed E-state index contributed by atoms with van der Waals surface area (Å²) in [5, 5.41) is 5.03. The van der Waals surface area contributed by atoms with E-state index in [4.69, 9.17) is 9.97 Å². The fourth-order valence-electron chi connectivity index (χ4n) is 7.99. The van der Waals surface area contributed by atoms with Crippen molar-refractivity contribution in [3.05, 3.63) is 180 Å². The first-order chi connectivity index (χ1) is 26.4. The molecule has 258 valence electrons. The number of hydrogen-bond donors (Lipinski definition) is 0. The van der Waals surface area contributed by atoms with Crippen LogP contribution in [0.25, 0.3) is 88.9 Å². The van der Waals surface area contributed by atoms with Gasteiger partial charge >= 0.3 is 0 Å². The highest BCUT2D eigenvalue weighted by atomic mass is 15.0. The fourth-order valence-corrected chi connectivity index (χ4v) is 7.99. The largest absolute Gasteiger partial charge is 0.309 e.